The van der Waals surface area contributed by atoms with E-state index in [0.29, 0.717) is 28.0 Å². The quantitative estimate of drug-likeness (QED) is 0.104. The number of nitrogens with zero attached hydrogens (tertiary/aromatic N) is 4. The number of nitro groups is 1. The maximum absolute atomic E-state index is 12.6. The van der Waals surface area contributed by atoms with Crippen LogP contribution in [0.15, 0.2) is 53.3 Å². The van der Waals surface area contributed by atoms with E-state index >= 15 is 0 Å². The van der Waals surface area contributed by atoms with E-state index in [4.69, 9.17) is 55.4 Å². The molecule has 0 radical (unpaired) electrons. The molecule has 0 bridgehead atoms. The summed E-state index contributed by atoms with van der Waals surface area (Å²) in [6.45, 7) is 2.62. The molecule has 0 N–H and O–H groups in total. The van der Waals surface area contributed by atoms with Crippen LogP contribution >= 0.6 is 34.8 Å². The second-order valence-electron chi connectivity index (χ2n) is 9.51. The van der Waals surface area contributed by atoms with E-state index < -0.39 is 16.7 Å². The number of aryl methyl sites for hydroxylation is 1. The summed E-state index contributed by atoms with van der Waals surface area (Å²) >= 11 is 18.1. The normalized spacial score (nSPS) is 12.3. The van der Waals surface area contributed by atoms with Crippen molar-refractivity contribution in [3.05, 3.63) is 95.6 Å². The summed E-state index contributed by atoms with van der Waals surface area (Å²) in [6, 6.07) is 9.51. The predicted octanol–water partition coefficient (Wildman–Crippen LogP) is 8.15. The van der Waals surface area contributed by atoms with Gasteiger partial charge in [-0.25, -0.2) is 4.79 Å². The van der Waals surface area contributed by atoms with Crippen LogP contribution in [0.25, 0.3) is 5.69 Å². The van der Waals surface area contributed by atoms with Crippen molar-refractivity contribution in [1.29, 1.82) is 0 Å². The lowest BCUT2D eigenvalue weighted by Crippen LogP contribution is -2.26. The van der Waals surface area contributed by atoms with Crippen molar-refractivity contribution in [3.8, 4) is 41.0 Å². The lowest BCUT2D eigenvalue weighted by atomic mass is 10.2. The molecule has 0 amide bonds. The van der Waals surface area contributed by atoms with Gasteiger partial charge in [0, 0.05) is 31.2 Å². The fourth-order valence-electron chi connectivity index (χ4n) is 4.33. The largest absolute Gasteiger partial charge is 0.487 e. The van der Waals surface area contributed by atoms with Gasteiger partial charge in [0.15, 0.2) is 0 Å². The lowest BCUT2D eigenvalue weighted by molar-refractivity contribution is -0.385. The number of nitro benzene ring substituents is 1. The van der Waals surface area contributed by atoms with Crippen LogP contribution in [0, 0.1) is 22.5 Å². The Morgan fingerprint density at radius 3 is 2.37 bits per heavy atom. The van der Waals surface area contributed by atoms with E-state index in [-0.39, 0.29) is 46.9 Å². The van der Waals surface area contributed by atoms with Crippen LogP contribution in [0.5, 0.6) is 23.0 Å². The predicted molar refractivity (Wildman–Crippen MR) is 166 cm³/mol. The number of aromatic nitrogens is 3. The zero-order valence-electron chi connectivity index (χ0n) is 23.9. The van der Waals surface area contributed by atoms with Crippen LogP contribution in [0.4, 0.5) is 18.9 Å². The molecule has 0 aliphatic carbocycles. The summed E-state index contributed by atoms with van der Waals surface area (Å²) in [6.07, 6.45) is 3.45. The summed E-state index contributed by atoms with van der Waals surface area (Å²) in [4.78, 5) is 22.8. The molecule has 0 saturated heterocycles. The molecule has 3 aromatic carbocycles. The molecule has 46 heavy (non-hydrogen) atoms. The van der Waals surface area contributed by atoms with Gasteiger partial charge in [0.05, 0.1) is 37.8 Å². The standard InChI is InChI=1S/C15H13Cl2N3O2.C15H11ClF3NO4/c1-2-7-22-13-9-12(10(16)8-11(13)17)20-15(21)19-6-4-3-5-14(19)18-20;1-2-23-14-8-10(4-5-12(14)20(21)22)24-13-6-3-9(7-11(13)16)15(17,18)19/h1,8-9H,3-7H2;3-8H,2H2,1H3. The summed E-state index contributed by atoms with van der Waals surface area (Å²) in [7, 11) is 0. The molecule has 1 aromatic heterocycles. The number of terminal acetylenes is 1. The van der Waals surface area contributed by atoms with Gasteiger partial charge in [0.1, 0.15) is 29.7 Å². The van der Waals surface area contributed by atoms with Gasteiger partial charge in [-0.05, 0) is 50.1 Å². The molecule has 0 unspecified atom stereocenters. The van der Waals surface area contributed by atoms with Crippen LogP contribution in [0.2, 0.25) is 15.1 Å². The first kappa shape index (κ1) is 34.5. The fourth-order valence-corrected chi connectivity index (χ4v) is 5.07. The minimum Gasteiger partial charge on any atom is -0.487 e. The fraction of sp³-hybridized carbons (Fsp3) is 0.267. The Bertz CT molecular complexity index is 1850. The average molecular weight is 700 g/mol. The van der Waals surface area contributed by atoms with Crippen LogP contribution in [0.3, 0.4) is 0 Å². The van der Waals surface area contributed by atoms with Crippen LogP contribution < -0.4 is 19.9 Å². The molecule has 16 heteroatoms. The monoisotopic (exact) mass is 698 g/mol. The average Bonchev–Trinajstić information content (AvgIpc) is 3.33. The minimum absolute atomic E-state index is 0.0111. The van der Waals surface area contributed by atoms with E-state index in [2.05, 4.69) is 11.0 Å². The maximum Gasteiger partial charge on any atom is 0.416 e. The molecule has 0 saturated carbocycles. The van der Waals surface area contributed by atoms with Gasteiger partial charge in [-0.2, -0.15) is 17.9 Å². The highest BCUT2D eigenvalue weighted by Gasteiger charge is 2.31. The number of ether oxygens (including phenoxy) is 3. The first-order valence-electron chi connectivity index (χ1n) is 13.5. The highest BCUT2D eigenvalue weighted by Crippen LogP contribution is 2.38. The molecule has 1 aliphatic rings. The molecular weight excluding hydrogens is 676 g/mol. The van der Waals surface area contributed by atoms with E-state index in [1.54, 1.807) is 17.6 Å². The van der Waals surface area contributed by atoms with Gasteiger partial charge in [-0.3, -0.25) is 14.7 Å². The molecule has 0 atom stereocenters. The van der Waals surface area contributed by atoms with Crippen molar-refractivity contribution < 1.29 is 32.3 Å². The second kappa shape index (κ2) is 14.8. The SMILES string of the molecule is C#CCOc1cc(-n2nc3n(c2=O)CCCC3)c(Cl)cc1Cl.CCOc1cc(Oc2ccc(C(F)(F)F)cc2Cl)ccc1[N+](=O)[O-]. The molecular formula is C30H24Cl3F3N4O6. The smallest absolute Gasteiger partial charge is 0.416 e. The van der Waals surface area contributed by atoms with Crippen LogP contribution in [-0.4, -0.2) is 32.5 Å². The Morgan fingerprint density at radius 2 is 1.74 bits per heavy atom. The topological polar surface area (TPSA) is 111 Å². The second-order valence-corrected chi connectivity index (χ2v) is 10.7. The van der Waals surface area contributed by atoms with E-state index in [9.17, 15) is 28.1 Å². The molecule has 1 aliphatic heterocycles. The van der Waals surface area contributed by atoms with E-state index in [0.717, 1.165) is 43.3 Å². The van der Waals surface area contributed by atoms with Gasteiger partial charge < -0.3 is 14.2 Å². The molecule has 4 aromatic rings. The summed E-state index contributed by atoms with van der Waals surface area (Å²) in [5.74, 6) is 3.63. The molecule has 10 nitrogen and oxygen atoms in total. The van der Waals surface area contributed by atoms with Crippen molar-refractivity contribution >= 4 is 40.5 Å². The molecule has 2 heterocycles. The lowest BCUT2D eigenvalue weighted by Gasteiger charge is -2.12. The first-order chi connectivity index (χ1) is 21.8. The number of hydrogen-bond donors (Lipinski definition) is 0. The maximum atomic E-state index is 12.6. The van der Waals surface area contributed by atoms with Gasteiger partial charge in [-0.1, -0.05) is 40.7 Å². The third kappa shape index (κ3) is 8.06. The zero-order valence-corrected chi connectivity index (χ0v) is 26.2. The molecule has 242 valence electrons. The highest BCUT2D eigenvalue weighted by molar-refractivity contribution is 6.36. The Balaban J connectivity index is 0.000000209. The van der Waals surface area contributed by atoms with Crippen LogP contribution in [-0.2, 0) is 19.1 Å². The number of halogens is 6. The molecule has 0 fully saturated rings. The van der Waals surface area contributed by atoms with Crippen LogP contribution in [0.1, 0.15) is 31.2 Å². The Morgan fingerprint density at radius 1 is 1.00 bits per heavy atom. The summed E-state index contributed by atoms with van der Waals surface area (Å²) < 4.78 is 56.7. The first-order valence-corrected chi connectivity index (χ1v) is 14.7. The van der Waals surface area contributed by atoms with Crippen molar-refractivity contribution in [3.63, 3.8) is 0 Å². The third-order valence-electron chi connectivity index (χ3n) is 6.43. The van der Waals surface area contributed by atoms with Crippen molar-refractivity contribution in [2.24, 2.45) is 0 Å². The van der Waals surface area contributed by atoms with Crippen molar-refractivity contribution in [2.45, 2.75) is 38.9 Å². The zero-order chi connectivity index (χ0) is 33.6. The Kier molecular flexibility index (Phi) is 11.1. The van der Waals surface area contributed by atoms with Gasteiger partial charge >= 0.3 is 17.6 Å². The minimum atomic E-state index is -4.52. The Labute approximate surface area is 275 Å². The Hall–Kier alpha value is -4.38. The number of benzene rings is 3. The number of rotatable bonds is 8. The van der Waals surface area contributed by atoms with Gasteiger partial charge in [-0.15, -0.1) is 11.5 Å². The number of alkyl halides is 3. The van der Waals surface area contributed by atoms with Crippen molar-refractivity contribution in [2.75, 3.05) is 13.2 Å². The van der Waals surface area contributed by atoms with Gasteiger partial charge in [0.25, 0.3) is 0 Å². The summed E-state index contributed by atoms with van der Waals surface area (Å²) in [5, 5.41) is 15.7. The highest BCUT2D eigenvalue weighted by atomic mass is 35.5. The third-order valence-corrected chi connectivity index (χ3v) is 7.32. The van der Waals surface area contributed by atoms with E-state index in [1.807, 2.05) is 0 Å². The van der Waals surface area contributed by atoms with E-state index in [1.165, 1.54) is 28.9 Å². The number of fused-ring (bicyclic) bond motifs is 1. The van der Waals surface area contributed by atoms with Crippen molar-refractivity contribution in [1.82, 2.24) is 14.3 Å². The molecule has 5 rings (SSSR count). The van der Waals surface area contributed by atoms with Gasteiger partial charge in [0.2, 0.25) is 5.75 Å². The molecule has 0 spiro atoms. The number of hydrogen-bond acceptors (Lipinski definition) is 7. The summed E-state index contributed by atoms with van der Waals surface area (Å²) in [5.41, 5.74) is -0.923.